The molecular weight excluding hydrogens is 384 g/mol. The van der Waals surface area contributed by atoms with Crippen LogP contribution in [-0.4, -0.2) is 36.3 Å². The van der Waals surface area contributed by atoms with E-state index in [4.69, 9.17) is 16.3 Å². The lowest BCUT2D eigenvalue weighted by molar-refractivity contribution is -0.128. The van der Waals surface area contributed by atoms with Crippen LogP contribution in [-0.2, 0) is 9.53 Å². The number of fused-ring (bicyclic) bond motifs is 1. The molecule has 2 aromatic rings. The SMILES string of the molecule is CCNC(=O)[C@H](C)OC(=O)c1ccc2c(c1)C(=O)N(c1ccc(Cl)cc1)C2=O. The summed E-state index contributed by atoms with van der Waals surface area (Å²) in [5.41, 5.74) is 0.743. The molecular formula is C20H17ClN2O5. The van der Waals surface area contributed by atoms with Crippen LogP contribution in [0.4, 0.5) is 5.69 Å². The number of ether oxygens (including phenoxy) is 1. The summed E-state index contributed by atoms with van der Waals surface area (Å²) in [6.45, 7) is 3.62. The molecule has 0 fully saturated rings. The molecule has 7 nitrogen and oxygen atoms in total. The largest absolute Gasteiger partial charge is 0.449 e. The van der Waals surface area contributed by atoms with Crippen LogP contribution in [0.2, 0.25) is 5.02 Å². The van der Waals surface area contributed by atoms with Gasteiger partial charge in [-0.25, -0.2) is 9.69 Å². The average Bonchev–Trinajstić information content (AvgIpc) is 2.93. The minimum absolute atomic E-state index is 0.0778. The number of halogens is 1. The number of hydrogen-bond acceptors (Lipinski definition) is 5. The number of likely N-dealkylation sites (N-methyl/N-ethyl adjacent to an activating group) is 1. The minimum atomic E-state index is -0.983. The van der Waals surface area contributed by atoms with Gasteiger partial charge in [-0.2, -0.15) is 0 Å². The highest BCUT2D eigenvalue weighted by Gasteiger charge is 2.37. The quantitative estimate of drug-likeness (QED) is 0.615. The topological polar surface area (TPSA) is 92.8 Å². The number of carbonyl (C=O) groups is 4. The van der Waals surface area contributed by atoms with Gasteiger partial charge < -0.3 is 10.1 Å². The van der Waals surface area contributed by atoms with Gasteiger partial charge in [-0.15, -0.1) is 0 Å². The van der Waals surface area contributed by atoms with E-state index < -0.39 is 29.8 Å². The fraction of sp³-hybridized carbons (Fsp3) is 0.200. The Hall–Kier alpha value is -3.19. The van der Waals surface area contributed by atoms with Crippen LogP contribution in [0.25, 0.3) is 0 Å². The van der Waals surface area contributed by atoms with Gasteiger partial charge in [0.05, 0.1) is 22.4 Å². The summed E-state index contributed by atoms with van der Waals surface area (Å²) in [5.74, 6) is -2.21. The number of esters is 1. The van der Waals surface area contributed by atoms with Crippen molar-refractivity contribution >= 4 is 41.0 Å². The molecule has 8 heteroatoms. The van der Waals surface area contributed by atoms with Gasteiger partial charge in [0.1, 0.15) is 0 Å². The third-order valence-corrected chi connectivity index (χ3v) is 4.46. The van der Waals surface area contributed by atoms with Gasteiger partial charge in [-0.3, -0.25) is 14.4 Å². The van der Waals surface area contributed by atoms with Crippen molar-refractivity contribution in [2.24, 2.45) is 0 Å². The van der Waals surface area contributed by atoms with Crippen molar-refractivity contribution in [3.8, 4) is 0 Å². The Labute approximate surface area is 166 Å². The molecule has 1 aliphatic rings. The highest BCUT2D eigenvalue weighted by atomic mass is 35.5. The van der Waals surface area contributed by atoms with Crippen molar-refractivity contribution in [2.75, 3.05) is 11.4 Å². The first-order chi connectivity index (χ1) is 13.3. The minimum Gasteiger partial charge on any atom is -0.449 e. The molecule has 3 rings (SSSR count). The van der Waals surface area contributed by atoms with E-state index in [1.807, 2.05) is 0 Å². The van der Waals surface area contributed by atoms with Crippen LogP contribution in [0.1, 0.15) is 44.9 Å². The molecule has 0 saturated carbocycles. The Bertz CT molecular complexity index is 971. The Morgan fingerprint density at radius 1 is 1.07 bits per heavy atom. The molecule has 1 heterocycles. The smallest absolute Gasteiger partial charge is 0.338 e. The molecule has 1 atom stereocenters. The van der Waals surface area contributed by atoms with Crippen molar-refractivity contribution in [3.63, 3.8) is 0 Å². The maximum atomic E-state index is 12.7. The lowest BCUT2D eigenvalue weighted by Gasteiger charge is -2.13. The number of nitrogens with one attached hydrogen (secondary N) is 1. The molecule has 3 amide bonds. The van der Waals surface area contributed by atoms with Crippen molar-refractivity contribution in [1.82, 2.24) is 5.32 Å². The third-order valence-electron chi connectivity index (χ3n) is 4.21. The number of hydrogen-bond donors (Lipinski definition) is 1. The number of amides is 3. The van der Waals surface area contributed by atoms with Crippen LogP contribution in [0.5, 0.6) is 0 Å². The maximum Gasteiger partial charge on any atom is 0.338 e. The molecule has 1 N–H and O–H groups in total. The average molecular weight is 401 g/mol. The second kappa shape index (κ2) is 7.82. The highest BCUT2D eigenvalue weighted by Crippen LogP contribution is 2.30. The van der Waals surface area contributed by atoms with E-state index in [0.29, 0.717) is 17.3 Å². The molecule has 0 unspecified atom stereocenters. The van der Waals surface area contributed by atoms with Crippen LogP contribution >= 0.6 is 11.6 Å². The number of anilines is 1. The Morgan fingerprint density at radius 3 is 2.36 bits per heavy atom. The second-order valence-corrected chi connectivity index (χ2v) is 6.56. The molecule has 0 spiro atoms. The van der Waals surface area contributed by atoms with Crippen LogP contribution < -0.4 is 10.2 Å². The summed E-state index contributed by atoms with van der Waals surface area (Å²) in [7, 11) is 0. The fourth-order valence-corrected chi connectivity index (χ4v) is 2.92. The van der Waals surface area contributed by atoms with Crippen molar-refractivity contribution < 1.29 is 23.9 Å². The summed E-state index contributed by atoms with van der Waals surface area (Å²) in [6, 6.07) is 10.4. The Balaban J connectivity index is 1.84. The second-order valence-electron chi connectivity index (χ2n) is 6.12. The highest BCUT2D eigenvalue weighted by molar-refractivity contribution is 6.35. The van der Waals surface area contributed by atoms with Crippen molar-refractivity contribution in [3.05, 3.63) is 64.2 Å². The van der Waals surface area contributed by atoms with E-state index in [2.05, 4.69) is 5.32 Å². The standard InChI is InChI=1S/C20H17ClN2O5/c1-3-22-17(24)11(2)28-20(27)12-4-9-15-16(10-12)19(26)23(18(15)25)14-7-5-13(21)6-8-14/h4-11H,3H2,1-2H3,(H,22,24)/t11-/m0/s1. The molecule has 2 aromatic carbocycles. The van der Waals surface area contributed by atoms with Crippen LogP contribution in [0.3, 0.4) is 0 Å². The normalized spacial score (nSPS) is 13.9. The predicted octanol–water partition coefficient (Wildman–Crippen LogP) is 2.82. The zero-order chi connectivity index (χ0) is 20.4. The lowest BCUT2D eigenvalue weighted by Crippen LogP contribution is -2.35. The van der Waals surface area contributed by atoms with E-state index in [1.165, 1.54) is 25.1 Å². The first kappa shape index (κ1) is 19.6. The van der Waals surface area contributed by atoms with Gasteiger partial charge in [-0.1, -0.05) is 11.6 Å². The van der Waals surface area contributed by atoms with E-state index in [1.54, 1.807) is 31.2 Å². The number of nitrogens with zero attached hydrogens (tertiary/aromatic N) is 1. The van der Waals surface area contributed by atoms with E-state index in [0.717, 1.165) is 4.90 Å². The summed E-state index contributed by atoms with van der Waals surface area (Å²) in [5, 5.41) is 3.03. The molecule has 0 bridgehead atoms. The van der Waals surface area contributed by atoms with Crippen molar-refractivity contribution in [2.45, 2.75) is 20.0 Å². The number of carbonyl (C=O) groups excluding carboxylic acids is 4. The predicted molar refractivity (Wildman–Crippen MR) is 103 cm³/mol. The summed E-state index contributed by atoms with van der Waals surface area (Å²) in [4.78, 5) is 50.4. The molecule has 0 aromatic heterocycles. The molecule has 28 heavy (non-hydrogen) atoms. The zero-order valence-corrected chi connectivity index (χ0v) is 15.9. The summed E-state index contributed by atoms with van der Waals surface area (Å²) < 4.78 is 5.12. The first-order valence-corrected chi connectivity index (χ1v) is 8.98. The van der Waals surface area contributed by atoms with Gasteiger partial charge in [-0.05, 0) is 56.3 Å². The monoisotopic (exact) mass is 400 g/mol. The van der Waals surface area contributed by atoms with Crippen LogP contribution in [0, 0.1) is 0 Å². The number of rotatable bonds is 5. The number of benzene rings is 2. The molecule has 0 aliphatic carbocycles. The van der Waals surface area contributed by atoms with Gasteiger partial charge in [0.2, 0.25) is 0 Å². The number of imide groups is 1. The van der Waals surface area contributed by atoms with E-state index in [-0.39, 0.29) is 16.7 Å². The summed E-state index contributed by atoms with van der Waals surface area (Å²) in [6.07, 6.45) is -0.983. The fourth-order valence-electron chi connectivity index (χ4n) is 2.79. The van der Waals surface area contributed by atoms with Gasteiger partial charge in [0, 0.05) is 11.6 Å². The Kier molecular flexibility index (Phi) is 5.46. The van der Waals surface area contributed by atoms with Crippen molar-refractivity contribution in [1.29, 1.82) is 0 Å². The summed E-state index contributed by atoms with van der Waals surface area (Å²) >= 11 is 5.85. The molecule has 0 saturated heterocycles. The maximum absolute atomic E-state index is 12.7. The molecule has 144 valence electrons. The lowest BCUT2D eigenvalue weighted by atomic mass is 10.1. The van der Waals surface area contributed by atoms with Gasteiger partial charge >= 0.3 is 5.97 Å². The van der Waals surface area contributed by atoms with E-state index in [9.17, 15) is 19.2 Å². The van der Waals surface area contributed by atoms with E-state index >= 15 is 0 Å². The van der Waals surface area contributed by atoms with Crippen LogP contribution in [0.15, 0.2) is 42.5 Å². The first-order valence-electron chi connectivity index (χ1n) is 8.60. The van der Waals surface area contributed by atoms with Gasteiger partial charge in [0.25, 0.3) is 17.7 Å². The third kappa shape index (κ3) is 3.61. The molecule has 1 aliphatic heterocycles. The zero-order valence-electron chi connectivity index (χ0n) is 15.2. The molecule has 0 radical (unpaired) electrons. The Morgan fingerprint density at radius 2 is 1.71 bits per heavy atom. The van der Waals surface area contributed by atoms with Gasteiger partial charge in [0.15, 0.2) is 6.10 Å².